The van der Waals surface area contributed by atoms with Gasteiger partial charge in [-0.1, -0.05) is 11.6 Å². The summed E-state index contributed by atoms with van der Waals surface area (Å²) in [7, 11) is 1.76. The van der Waals surface area contributed by atoms with E-state index < -0.39 is 5.82 Å². The van der Waals surface area contributed by atoms with Crippen molar-refractivity contribution in [2.45, 2.75) is 18.9 Å². The fraction of sp³-hybridized carbons (Fsp3) is 0.500. The number of rotatable bonds is 3. The number of carbonyl (C=O) groups excluding carboxylic acids is 2. The highest BCUT2D eigenvalue weighted by molar-refractivity contribution is 6.32. The summed E-state index contributed by atoms with van der Waals surface area (Å²) in [4.78, 5) is 27.9. The largest absolute Gasteiger partial charge is 0.482 e. The van der Waals surface area contributed by atoms with Gasteiger partial charge in [-0.3, -0.25) is 9.59 Å². The van der Waals surface area contributed by atoms with Crippen molar-refractivity contribution in [1.29, 1.82) is 0 Å². The highest BCUT2D eigenvalue weighted by Crippen LogP contribution is 2.31. The molecule has 124 valence electrons. The SMILES string of the molecule is CN1C[C@@H]2[C@@H](CCCN2C(=O)COc2ccc(F)cc2Cl)C1=O. The van der Waals surface area contributed by atoms with Crippen LogP contribution in [0.1, 0.15) is 12.8 Å². The van der Waals surface area contributed by atoms with E-state index in [4.69, 9.17) is 16.3 Å². The van der Waals surface area contributed by atoms with Gasteiger partial charge in [-0.2, -0.15) is 0 Å². The summed E-state index contributed by atoms with van der Waals surface area (Å²) in [6.07, 6.45) is 1.63. The van der Waals surface area contributed by atoms with E-state index in [1.54, 1.807) is 16.8 Å². The first kappa shape index (κ1) is 16.1. The number of hydrogen-bond acceptors (Lipinski definition) is 3. The molecular formula is C16H18ClFN2O3. The van der Waals surface area contributed by atoms with Gasteiger partial charge >= 0.3 is 0 Å². The van der Waals surface area contributed by atoms with E-state index >= 15 is 0 Å². The van der Waals surface area contributed by atoms with Gasteiger partial charge in [-0.25, -0.2) is 4.39 Å². The Balaban J connectivity index is 1.65. The molecule has 0 saturated carbocycles. The molecule has 0 radical (unpaired) electrons. The number of piperidine rings is 1. The lowest BCUT2D eigenvalue weighted by atomic mass is 9.91. The molecule has 0 spiro atoms. The zero-order valence-electron chi connectivity index (χ0n) is 12.8. The smallest absolute Gasteiger partial charge is 0.260 e. The van der Waals surface area contributed by atoms with Crippen molar-refractivity contribution in [2.75, 3.05) is 26.7 Å². The van der Waals surface area contributed by atoms with Crippen LogP contribution >= 0.6 is 11.6 Å². The molecule has 2 atom stereocenters. The van der Waals surface area contributed by atoms with Crippen LogP contribution in [-0.2, 0) is 9.59 Å². The summed E-state index contributed by atoms with van der Waals surface area (Å²) in [6.45, 7) is 1.01. The first-order chi connectivity index (χ1) is 11.0. The van der Waals surface area contributed by atoms with Gasteiger partial charge < -0.3 is 14.5 Å². The molecular weight excluding hydrogens is 323 g/mol. The van der Waals surface area contributed by atoms with Crippen LogP contribution in [0, 0.1) is 11.7 Å². The van der Waals surface area contributed by atoms with Gasteiger partial charge in [0.05, 0.1) is 17.0 Å². The molecule has 2 saturated heterocycles. The van der Waals surface area contributed by atoms with Crippen molar-refractivity contribution in [1.82, 2.24) is 9.80 Å². The zero-order chi connectivity index (χ0) is 16.6. The fourth-order valence-electron chi connectivity index (χ4n) is 3.35. The predicted molar refractivity (Wildman–Crippen MR) is 82.8 cm³/mol. The summed E-state index contributed by atoms with van der Waals surface area (Å²) >= 11 is 5.88. The fourth-order valence-corrected chi connectivity index (χ4v) is 3.57. The summed E-state index contributed by atoms with van der Waals surface area (Å²) in [5, 5.41) is 0.130. The molecule has 2 fully saturated rings. The molecule has 0 bridgehead atoms. The van der Waals surface area contributed by atoms with Gasteiger partial charge in [-0.15, -0.1) is 0 Å². The Kier molecular flexibility index (Phi) is 4.43. The Labute approximate surface area is 138 Å². The van der Waals surface area contributed by atoms with E-state index in [1.165, 1.54) is 12.1 Å². The number of ether oxygens (including phenoxy) is 1. The van der Waals surface area contributed by atoms with Gasteiger partial charge in [0, 0.05) is 20.1 Å². The third-order valence-electron chi connectivity index (χ3n) is 4.50. The Bertz CT molecular complexity index is 640. The lowest BCUT2D eigenvalue weighted by molar-refractivity contribution is -0.139. The predicted octanol–water partition coefficient (Wildman–Crippen LogP) is 1.94. The normalized spacial score (nSPS) is 23.9. The van der Waals surface area contributed by atoms with Crippen molar-refractivity contribution in [3.63, 3.8) is 0 Å². The highest BCUT2D eigenvalue weighted by Gasteiger charge is 2.45. The topological polar surface area (TPSA) is 49.9 Å². The lowest BCUT2D eigenvalue weighted by Crippen LogP contribution is -2.50. The van der Waals surface area contributed by atoms with Gasteiger partial charge in [0.2, 0.25) is 5.91 Å². The van der Waals surface area contributed by atoms with Crippen LogP contribution < -0.4 is 4.74 Å². The third-order valence-corrected chi connectivity index (χ3v) is 4.79. The Morgan fingerprint density at radius 3 is 3.00 bits per heavy atom. The van der Waals surface area contributed by atoms with Crippen LogP contribution in [0.15, 0.2) is 18.2 Å². The molecule has 1 aromatic rings. The van der Waals surface area contributed by atoms with E-state index in [-0.39, 0.29) is 41.2 Å². The molecule has 1 aromatic carbocycles. The number of amides is 2. The average Bonchev–Trinajstić information content (AvgIpc) is 2.81. The van der Waals surface area contributed by atoms with Crippen molar-refractivity contribution in [3.05, 3.63) is 29.0 Å². The van der Waals surface area contributed by atoms with E-state index in [9.17, 15) is 14.0 Å². The van der Waals surface area contributed by atoms with E-state index in [0.717, 1.165) is 18.9 Å². The number of likely N-dealkylation sites (tertiary alicyclic amines) is 2. The summed E-state index contributed by atoms with van der Waals surface area (Å²) < 4.78 is 18.4. The Hall–Kier alpha value is -1.82. The van der Waals surface area contributed by atoms with Crippen LogP contribution in [0.25, 0.3) is 0 Å². The van der Waals surface area contributed by atoms with Gasteiger partial charge in [-0.05, 0) is 31.0 Å². The van der Waals surface area contributed by atoms with E-state index in [1.807, 2.05) is 0 Å². The molecule has 0 aromatic heterocycles. The molecule has 0 unspecified atom stereocenters. The Morgan fingerprint density at radius 2 is 2.26 bits per heavy atom. The standard InChI is InChI=1S/C16H18ClFN2O3/c1-19-8-13-11(16(19)22)3-2-6-20(13)15(21)9-23-14-5-4-10(18)7-12(14)17/h4-5,7,11,13H,2-3,6,8-9H2,1H3/t11-,13-/m1/s1. The van der Waals surface area contributed by atoms with Gasteiger partial charge in [0.15, 0.2) is 6.61 Å². The van der Waals surface area contributed by atoms with Gasteiger partial charge in [0.1, 0.15) is 11.6 Å². The van der Waals surface area contributed by atoms with Crippen LogP contribution in [0.5, 0.6) is 5.75 Å². The number of carbonyl (C=O) groups is 2. The number of hydrogen-bond donors (Lipinski definition) is 0. The van der Waals surface area contributed by atoms with E-state index in [0.29, 0.717) is 13.1 Å². The second kappa shape index (κ2) is 6.35. The van der Waals surface area contributed by atoms with Crippen LogP contribution in [0.4, 0.5) is 4.39 Å². The maximum absolute atomic E-state index is 13.0. The highest BCUT2D eigenvalue weighted by atomic mass is 35.5. The zero-order valence-corrected chi connectivity index (χ0v) is 13.6. The van der Waals surface area contributed by atoms with Crippen LogP contribution in [0.3, 0.4) is 0 Å². The molecule has 0 aliphatic carbocycles. The number of fused-ring (bicyclic) bond motifs is 1. The second-order valence-corrected chi connectivity index (χ2v) is 6.39. The monoisotopic (exact) mass is 340 g/mol. The summed E-state index contributed by atoms with van der Waals surface area (Å²) in [5.41, 5.74) is 0. The quantitative estimate of drug-likeness (QED) is 0.845. The molecule has 5 nitrogen and oxygen atoms in total. The average molecular weight is 341 g/mol. The molecule has 23 heavy (non-hydrogen) atoms. The third kappa shape index (κ3) is 3.13. The van der Waals surface area contributed by atoms with Crippen molar-refractivity contribution < 1.29 is 18.7 Å². The second-order valence-electron chi connectivity index (χ2n) is 5.99. The van der Waals surface area contributed by atoms with Crippen molar-refractivity contribution in [2.24, 2.45) is 5.92 Å². The van der Waals surface area contributed by atoms with Crippen LogP contribution in [0.2, 0.25) is 5.02 Å². The minimum Gasteiger partial charge on any atom is -0.482 e. The molecule has 0 N–H and O–H groups in total. The molecule has 2 heterocycles. The van der Waals surface area contributed by atoms with Gasteiger partial charge in [0.25, 0.3) is 5.91 Å². The first-order valence-corrected chi connectivity index (χ1v) is 7.97. The number of likely N-dealkylation sites (N-methyl/N-ethyl adjacent to an activating group) is 1. The maximum Gasteiger partial charge on any atom is 0.260 e. The summed E-state index contributed by atoms with van der Waals surface area (Å²) in [5.74, 6) is -0.361. The minimum atomic E-state index is -0.458. The number of benzene rings is 1. The van der Waals surface area contributed by atoms with Crippen molar-refractivity contribution >= 4 is 23.4 Å². The first-order valence-electron chi connectivity index (χ1n) is 7.59. The summed E-state index contributed by atoms with van der Waals surface area (Å²) in [6, 6.07) is 3.69. The molecule has 2 amide bonds. The number of halogens is 2. The molecule has 2 aliphatic heterocycles. The lowest BCUT2D eigenvalue weighted by Gasteiger charge is -2.35. The molecule has 3 rings (SSSR count). The molecule has 2 aliphatic rings. The van der Waals surface area contributed by atoms with Crippen LogP contribution in [-0.4, -0.2) is 54.4 Å². The minimum absolute atomic E-state index is 0.0824. The number of nitrogens with zero attached hydrogens (tertiary/aromatic N) is 2. The Morgan fingerprint density at radius 1 is 1.48 bits per heavy atom. The van der Waals surface area contributed by atoms with E-state index in [2.05, 4.69) is 0 Å². The molecule has 7 heteroatoms. The van der Waals surface area contributed by atoms with Crippen molar-refractivity contribution in [3.8, 4) is 5.75 Å². The maximum atomic E-state index is 13.0.